The second kappa shape index (κ2) is 4.85. The maximum absolute atomic E-state index is 12.7. The number of halogens is 2. The van der Waals surface area contributed by atoms with Gasteiger partial charge in [0.15, 0.2) is 0 Å². The fourth-order valence-electron chi connectivity index (χ4n) is 1.96. The van der Waals surface area contributed by atoms with Crippen LogP contribution in [0.15, 0.2) is 12.4 Å². The van der Waals surface area contributed by atoms with E-state index in [1.807, 2.05) is 13.8 Å². The van der Waals surface area contributed by atoms with Gasteiger partial charge in [0.25, 0.3) is 0 Å². The lowest BCUT2D eigenvalue weighted by Gasteiger charge is -2.08. The minimum absolute atomic E-state index is 0.212. The summed E-state index contributed by atoms with van der Waals surface area (Å²) in [5.41, 5.74) is 8.28. The molecule has 5 nitrogen and oxygen atoms in total. The van der Waals surface area contributed by atoms with Crippen LogP contribution in [-0.4, -0.2) is 19.3 Å². The molecule has 0 unspecified atom stereocenters. The number of aryl methyl sites for hydroxylation is 1. The van der Waals surface area contributed by atoms with Crippen LogP contribution in [0.5, 0.6) is 0 Å². The van der Waals surface area contributed by atoms with Gasteiger partial charge in [0.05, 0.1) is 12.2 Å². The first-order chi connectivity index (χ1) is 8.54. The van der Waals surface area contributed by atoms with Crippen LogP contribution in [0.1, 0.15) is 29.3 Å². The van der Waals surface area contributed by atoms with Crippen molar-refractivity contribution in [1.29, 1.82) is 0 Å². The highest BCUT2D eigenvalue weighted by Gasteiger charge is 2.15. The van der Waals surface area contributed by atoms with Gasteiger partial charge in [0.1, 0.15) is 5.82 Å². The van der Waals surface area contributed by atoms with Gasteiger partial charge in [-0.25, -0.2) is 4.98 Å². The van der Waals surface area contributed by atoms with Crippen LogP contribution in [-0.2, 0) is 13.1 Å². The van der Waals surface area contributed by atoms with Gasteiger partial charge >= 0.3 is 6.55 Å². The van der Waals surface area contributed by atoms with Gasteiger partial charge in [-0.05, 0) is 13.8 Å². The Morgan fingerprint density at radius 2 is 2.11 bits per heavy atom. The SMILES string of the molecule is Cc1nn(Cc2nccn2C(F)F)c(C)c1CN. The average molecular weight is 255 g/mol. The van der Waals surface area contributed by atoms with Crippen LogP contribution < -0.4 is 5.73 Å². The zero-order chi connectivity index (χ0) is 13.3. The Morgan fingerprint density at radius 1 is 1.39 bits per heavy atom. The second-order valence-electron chi connectivity index (χ2n) is 4.04. The van der Waals surface area contributed by atoms with E-state index in [2.05, 4.69) is 10.1 Å². The van der Waals surface area contributed by atoms with Crippen LogP contribution >= 0.6 is 0 Å². The topological polar surface area (TPSA) is 61.7 Å². The van der Waals surface area contributed by atoms with Crippen LogP contribution in [0, 0.1) is 13.8 Å². The molecule has 2 aromatic heterocycles. The summed E-state index contributed by atoms with van der Waals surface area (Å²) in [5.74, 6) is 0.277. The summed E-state index contributed by atoms with van der Waals surface area (Å²) < 4.78 is 27.9. The molecule has 0 saturated heterocycles. The van der Waals surface area contributed by atoms with E-state index in [0.29, 0.717) is 6.54 Å². The lowest BCUT2D eigenvalue weighted by Crippen LogP contribution is -2.11. The number of imidazole rings is 1. The van der Waals surface area contributed by atoms with E-state index in [0.717, 1.165) is 21.5 Å². The van der Waals surface area contributed by atoms with Crippen LogP contribution in [0.2, 0.25) is 0 Å². The zero-order valence-electron chi connectivity index (χ0n) is 10.3. The number of nitrogens with two attached hydrogens (primary N) is 1. The maximum Gasteiger partial charge on any atom is 0.319 e. The van der Waals surface area contributed by atoms with Crippen molar-refractivity contribution in [3.63, 3.8) is 0 Å². The van der Waals surface area contributed by atoms with Crippen LogP contribution in [0.4, 0.5) is 8.78 Å². The Labute approximate surface area is 103 Å². The van der Waals surface area contributed by atoms with Gasteiger partial charge in [0, 0.05) is 30.2 Å². The summed E-state index contributed by atoms with van der Waals surface area (Å²) in [4.78, 5) is 3.93. The first-order valence-corrected chi connectivity index (χ1v) is 5.57. The molecule has 98 valence electrons. The first-order valence-electron chi connectivity index (χ1n) is 5.57. The highest BCUT2D eigenvalue weighted by molar-refractivity contribution is 5.24. The van der Waals surface area contributed by atoms with Gasteiger partial charge < -0.3 is 5.73 Å². The molecule has 0 fully saturated rings. The van der Waals surface area contributed by atoms with E-state index >= 15 is 0 Å². The molecule has 0 aliphatic rings. The van der Waals surface area contributed by atoms with E-state index in [-0.39, 0.29) is 12.4 Å². The van der Waals surface area contributed by atoms with Crippen molar-refractivity contribution in [2.45, 2.75) is 33.5 Å². The Morgan fingerprint density at radius 3 is 2.67 bits per heavy atom. The molecule has 0 radical (unpaired) electrons. The Kier molecular flexibility index (Phi) is 3.42. The van der Waals surface area contributed by atoms with Gasteiger partial charge in [-0.1, -0.05) is 0 Å². The summed E-state index contributed by atoms with van der Waals surface area (Å²) in [6.45, 7) is 1.74. The predicted octanol–water partition coefficient (Wildman–Crippen LogP) is 1.60. The predicted molar refractivity (Wildman–Crippen MR) is 62.2 cm³/mol. The number of aromatic nitrogens is 4. The lowest BCUT2D eigenvalue weighted by molar-refractivity contribution is 0.0665. The third-order valence-electron chi connectivity index (χ3n) is 2.99. The molecule has 0 amide bonds. The normalized spacial score (nSPS) is 11.4. The van der Waals surface area contributed by atoms with Crippen molar-refractivity contribution in [1.82, 2.24) is 19.3 Å². The van der Waals surface area contributed by atoms with E-state index < -0.39 is 6.55 Å². The Bertz CT molecular complexity index is 544. The molecule has 0 atom stereocenters. The second-order valence-corrected chi connectivity index (χ2v) is 4.04. The Balaban J connectivity index is 2.32. The molecule has 2 rings (SSSR count). The van der Waals surface area contributed by atoms with E-state index in [1.54, 1.807) is 4.68 Å². The Hall–Kier alpha value is -1.76. The number of hydrogen-bond donors (Lipinski definition) is 1. The highest BCUT2D eigenvalue weighted by Crippen LogP contribution is 2.16. The summed E-state index contributed by atoms with van der Waals surface area (Å²) in [6.07, 6.45) is 2.62. The molecule has 2 aromatic rings. The molecule has 18 heavy (non-hydrogen) atoms. The minimum atomic E-state index is -2.59. The molecule has 0 spiro atoms. The zero-order valence-corrected chi connectivity index (χ0v) is 10.3. The molecular formula is C11H15F2N5. The van der Waals surface area contributed by atoms with Gasteiger partial charge in [-0.15, -0.1) is 0 Å². The fourth-order valence-corrected chi connectivity index (χ4v) is 1.96. The number of nitrogens with zero attached hydrogens (tertiary/aromatic N) is 4. The fraction of sp³-hybridized carbons (Fsp3) is 0.455. The molecule has 7 heteroatoms. The smallest absolute Gasteiger partial charge is 0.319 e. The molecule has 2 N–H and O–H groups in total. The lowest BCUT2D eigenvalue weighted by atomic mass is 10.2. The molecule has 0 saturated carbocycles. The number of hydrogen-bond acceptors (Lipinski definition) is 3. The van der Waals surface area contributed by atoms with Gasteiger partial charge in [-0.2, -0.15) is 13.9 Å². The molecule has 0 aliphatic carbocycles. The van der Waals surface area contributed by atoms with Crippen molar-refractivity contribution in [3.05, 3.63) is 35.2 Å². The monoisotopic (exact) mass is 255 g/mol. The van der Waals surface area contributed by atoms with Crippen molar-refractivity contribution < 1.29 is 8.78 Å². The summed E-state index contributed by atoms with van der Waals surface area (Å²) in [6, 6.07) is 0. The maximum atomic E-state index is 12.7. The van der Waals surface area contributed by atoms with Gasteiger partial charge in [-0.3, -0.25) is 9.25 Å². The average Bonchev–Trinajstić information content (AvgIpc) is 2.86. The minimum Gasteiger partial charge on any atom is -0.326 e. The summed E-state index contributed by atoms with van der Waals surface area (Å²) in [7, 11) is 0. The third kappa shape index (κ3) is 2.13. The molecule has 0 bridgehead atoms. The van der Waals surface area contributed by atoms with Gasteiger partial charge in [0.2, 0.25) is 0 Å². The molecule has 0 aromatic carbocycles. The largest absolute Gasteiger partial charge is 0.326 e. The van der Waals surface area contributed by atoms with E-state index in [4.69, 9.17) is 5.73 Å². The standard InChI is InChI=1S/C11H15F2N5/c1-7-9(5-14)8(2)18(16-7)6-10-15-3-4-17(10)11(12)13/h3-4,11H,5-6,14H2,1-2H3. The van der Waals surface area contributed by atoms with Crippen molar-refractivity contribution in [2.75, 3.05) is 0 Å². The first kappa shape index (κ1) is 12.7. The van der Waals surface area contributed by atoms with Crippen molar-refractivity contribution >= 4 is 0 Å². The molecular weight excluding hydrogens is 240 g/mol. The quantitative estimate of drug-likeness (QED) is 0.902. The number of alkyl halides is 2. The molecule has 2 heterocycles. The number of rotatable bonds is 4. The van der Waals surface area contributed by atoms with Crippen LogP contribution in [0.25, 0.3) is 0 Å². The third-order valence-corrected chi connectivity index (χ3v) is 2.99. The van der Waals surface area contributed by atoms with E-state index in [1.165, 1.54) is 12.4 Å². The summed E-state index contributed by atoms with van der Waals surface area (Å²) >= 11 is 0. The van der Waals surface area contributed by atoms with Crippen molar-refractivity contribution in [2.24, 2.45) is 5.73 Å². The van der Waals surface area contributed by atoms with E-state index in [9.17, 15) is 8.78 Å². The summed E-state index contributed by atoms with van der Waals surface area (Å²) in [5, 5.41) is 4.29. The van der Waals surface area contributed by atoms with Crippen molar-refractivity contribution in [3.8, 4) is 0 Å². The highest BCUT2D eigenvalue weighted by atomic mass is 19.3. The molecule has 0 aliphatic heterocycles. The van der Waals surface area contributed by atoms with Crippen LogP contribution in [0.3, 0.4) is 0 Å².